The molecular weight excluding hydrogens is 372 g/mol. The normalized spacial score (nSPS) is 15.3. The summed E-state index contributed by atoms with van der Waals surface area (Å²) in [6, 6.07) is 8.46. The van der Waals surface area contributed by atoms with Crippen LogP contribution >= 0.6 is 0 Å². The molecule has 1 aliphatic carbocycles. The van der Waals surface area contributed by atoms with Crippen molar-refractivity contribution >= 4 is 11.8 Å². The summed E-state index contributed by atoms with van der Waals surface area (Å²) < 4.78 is 51.5. The van der Waals surface area contributed by atoms with Crippen LogP contribution < -0.4 is 14.2 Å². The van der Waals surface area contributed by atoms with Gasteiger partial charge in [-0.05, 0) is 43.5 Å². The maximum atomic E-state index is 12.3. The third-order valence-electron chi connectivity index (χ3n) is 5.00. The first-order chi connectivity index (χ1) is 15.5. The molecule has 0 aromatic heterocycles. The molecule has 2 aromatic rings. The Morgan fingerprint density at radius 2 is 1.79 bits per heavy atom. The van der Waals surface area contributed by atoms with Crippen molar-refractivity contribution in [2.45, 2.75) is 26.7 Å². The molecule has 3 rings (SSSR count). The van der Waals surface area contributed by atoms with Crippen LogP contribution in [0.1, 0.15) is 41.7 Å². The summed E-state index contributed by atoms with van der Waals surface area (Å²) in [6.07, 6.45) is 0.941. The van der Waals surface area contributed by atoms with E-state index in [4.69, 9.17) is 24.4 Å². The molecule has 6 nitrogen and oxygen atoms in total. The molecule has 0 bridgehead atoms. The highest BCUT2D eigenvalue weighted by Gasteiger charge is 2.32. The molecule has 0 saturated heterocycles. The Balaban J connectivity index is 2.19. The molecule has 1 aliphatic rings. The van der Waals surface area contributed by atoms with E-state index in [1.165, 1.54) is 13.2 Å². The van der Waals surface area contributed by atoms with Gasteiger partial charge >= 0.3 is 5.97 Å². The second kappa shape index (κ2) is 8.15. The molecule has 0 fully saturated rings. The SMILES string of the molecule is [2H]C([2H])Oc1ccc(-c2cccc3c2CCC3=O)c(OCC(C)(C)C(=O)OC)c1OC([2H])[2H]. The lowest BCUT2D eigenvalue weighted by Crippen LogP contribution is -2.32. The largest absolute Gasteiger partial charge is 0.493 e. The topological polar surface area (TPSA) is 71.1 Å². The lowest BCUT2D eigenvalue weighted by molar-refractivity contribution is -0.152. The number of carbonyl (C=O) groups excluding carboxylic acids is 2. The van der Waals surface area contributed by atoms with Crippen molar-refractivity contribution in [3.05, 3.63) is 41.5 Å². The van der Waals surface area contributed by atoms with Gasteiger partial charge in [0.25, 0.3) is 0 Å². The number of carbonyl (C=O) groups is 2. The van der Waals surface area contributed by atoms with Crippen LogP contribution in [0.5, 0.6) is 17.2 Å². The summed E-state index contributed by atoms with van der Waals surface area (Å²) in [6.45, 7) is 3.14. The molecule has 0 spiro atoms. The standard InChI is InChI=1S/C23H26O6/c1-23(2,22(25)28-5)13-29-20-17(10-12-19(26-3)21(20)27-4)14-7-6-8-16-15(14)9-11-18(16)24/h6-8,10,12H,9,11,13H2,1-5H3/i3D2,4D2. The van der Waals surface area contributed by atoms with Crippen LogP contribution in [0.25, 0.3) is 11.1 Å². The summed E-state index contributed by atoms with van der Waals surface area (Å²) in [7, 11) is -2.17. The number of ketones is 1. The molecule has 6 heteroatoms. The van der Waals surface area contributed by atoms with Crippen molar-refractivity contribution < 1.29 is 34.0 Å². The molecule has 154 valence electrons. The number of fused-ring (bicyclic) bond motifs is 1. The number of Topliss-reactive ketones (excluding diaryl/α,β-unsaturated/α-hetero) is 1. The number of hydrogen-bond donors (Lipinski definition) is 0. The third-order valence-corrected chi connectivity index (χ3v) is 5.00. The number of benzene rings is 2. The Kier molecular flexibility index (Phi) is 4.46. The van der Waals surface area contributed by atoms with Gasteiger partial charge in [-0.25, -0.2) is 0 Å². The van der Waals surface area contributed by atoms with Crippen LogP contribution in [0.3, 0.4) is 0 Å². The van der Waals surface area contributed by atoms with Crippen molar-refractivity contribution in [3.63, 3.8) is 0 Å². The van der Waals surface area contributed by atoms with E-state index in [1.54, 1.807) is 32.0 Å². The maximum Gasteiger partial charge on any atom is 0.314 e. The average Bonchev–Trinajstić information content (AvgIpc) is 3.13. The van der Waals surface area contributed by atoms with Gasteiger partial charge in [0.05, 0.1) is 32.1 Å². The second-order valence-electron chi connectivity index (χ2n) is 7.42. The van der Waals surface area contributed by atoms with E-state index in [0.717, 1.165) is 5.56 Å². The molecule has 0 N–H and O–H groups in total. The molecule has 29 heavy (non-hydrogen) atoms. The Morgan fingerprint density at radius 1 is 1.03 bits per heavy atom. The quantitative estimate of drug-likeness (QED) is 0.650. The summed E-state index contributed by atoms with van der Waals surface area (Å²) in [5.74, 6) is -0.549. The van der Waals surface area contributed by atoms with Gasteiger partial charge in [0.2, 0.25) is 5.75 Å². The lowest BCUT2D eigenvalue weighted by Gasteiger charge is -2.24. The molecule has 0 heterocycles. The Morgan fingerprint density at radius 3 is 2.52 bits per heavy atom. The first-order valence-corrected chi connectivity index (χ1v) is 9.11. The van der Waals surface area contributed by atoms with E-state index < -0.39 is 25.5 Å². The smallest absolute Gasteiger partial charge is 0.314 e. The van der Waals surface area contributed by atoms with Crippen LogP contribution in [0.2, 0.25) is 0 Å². The highest BCUT2D eigenvalue weighted by atomic mass is 16.5. The zero-order valence-electron chi connectivity index (χ0n) is 20.6. The Bertz CT molecular complexity index is 1050. The average molecular weight is 402 g/mol. The molecule has 2 aromatic carbocycles. The van der Waals surface area contributed by atoms with E-state index >= 15 is 0 Å². The van der Waals surface area contributed by atoms with E-state index in [1.807, 2.05) is 6.07 Å². The molecule has 0 saturated carbocycles. The minimum absolute atomic E-state index is 0.0428. The van der Waals surface area contributed by atoms with Crippen LogP contribution in [0.4, 0.5) is 0 Å². The second-order valence-corrected chi connectivity index (χ2v) is 7.42. The minimum Gasteiger partial charge on any atom is -0.493 e. The Hall–Kier alpha value is -3.02. The van der Waals surface area contributed by atoms with E-state index in [2.05, 4.69) is 0 Å². The summed E-state index contributed by atoms with van der Waals surface area (Å²) in [4.78, 5) is 24.4. The predicted molar refractivity (Wildman–Crippen MR) is 109 cm³/mol. The first-order valence-electron chi connectivity index (χ1n) is 11.4. The van der Waals surface area contributed by atoms with Gasteiger partial charge in [0.1, 0.15) is 6.61 Å². The van der Waals surface area contributed by atoms with E-state index in [-0.39, 0.29) is 29.6 Å². The number of ether oxygens (including phenoxy) is 4. The van der Waals surface area contributed by atoms with Gasteiger partial charge in [0, 0.05) is 17.5 Å². The minimum atomic E-state index is -1.75. The van der Waals surface area contributed by atoms with Crippen LogP contribution in [-0.4, -0.2) is 39.6 Å². The van der Waals surface area contributed by atoms with Gasteiger partial charge < -0.3 is 18.9 Å². The van der Waals surface area contributed by atoms with Gasteiger partial charge in [-0.2, -0.15) is 0 Å². The number of rotatable bonds is 7. The van der Waals surface area contributed by atoms with Gasteiger partial charge in [0.15, 0.2) is 17.3 Å². The zero-order valence-corrected chi connectivity index (χ0v) is 16.6. The number of esters is 1. The van der Waals surface area contributed by atoms with E-state index in [9.17, 15) is 9.59 Å². The molecule has 0 aliphatic heterocycles. The third kappa shape index (κ3) is 3.79. The van der Waals surface area contributed by atoms with Crippen molar-refractivity contribution in [3.8, 4) is 28.4 Å². The lowest BCUT2D eigenvalue weighted by atomic mass is 9.94. The number of hydrogen-bond acceptors (Lipinski definition) is 6. The monoisotopic (exact) mass is 402 g/mol. The summed E-state index contributed by atoms with van der Waals surface area (Å²) >= 11 is 0. The zero-order chi connectivity index (χ0) is 24.3. The highest BCUT2D eigenvalue weighted by molar-refractivity contribution is 6.02. The van der Waals surface area contributed by atoms with Crippen molar-refractivity contribution in [2.75, 3.05) is 27.8 Å². The molecule has 0 atom stereocenters. The van der Waals surface area contributed by atoms with Crippen molar-refractivity contribution in [1.29, 1.82) is 0 Å². The first kappa shape index (κ1) is 15.9. The predicted octanol–water partition coefficient (Wildman–Crippen LogP) is 4.08. The molecule has 0 radical (unpaired) electrons. The van der Waals surface area contributed by atoms with Gasteiger partial charge in [-0.15, -0.1) is 0 Å². The summed E-state index contributed by atoms with van der Waals surface area (Å²) in [5, 5.41) is 0. The van der Waals surface area contributed by atoms with Crippen LogP contribution in [0.15, 0.2) is 30.3 Å². The fourth-order valence-electron chi connectivity index (χ4n) is 3.44. The summed E-state index contributed by atoms with van der Waals surface area (Å²) in [5.41, 5.74) is 1.64. The highest BCUT2D eigenvalue weighted by Crippen LogP contribution is 2.47. The van der Waals surface area contributed by atoms with Crippen molar-refractivity contribution in [1.82, 2.24) is 0 Å². The van der Waals surface area contributed by atoms with E-state index in [0.29, 0.717) is 29.5 Å². The number of methoxy groups -OCH3 is 3. The Labute approximate surface area is 176 Å². The van der Waals surface area contributed by atoms with Crippen LogP contribution in [-0.2, 0) is 16.0 Å². The molecular formula is C23H26O6. The van der Waals surface area contributed by atoms with Gasteiger partial charge in [-0.3, -0.25) is 9.59 Å². The van der Waals surface area contributed by atoms with Gasteiger partial charge in [-0.1, -0.05) is 18.2 Å². The van der Waals surface area contributed by atoms with Crippen molar-refractivity contribution in [2.24, 2.45) is 5.41 Å². The fourth-order valence-corrected chi connectivity index (χ4v) is 3.44. The molecule has 0 unspecified atom stereocenters. The van der Waals surface area contributed by atoms with Crippen LogP contribution in [0, 0.1) is 5.41 Å². The maximum absolute atomic E-state index is 12.3. The fraction of sp³-hybridized carbons (Fsp3) is 0.391. The molecule has 0 amide bonds.